The van der Waals surface area contributed by atoms with Gasteiger partial charge in [0.15, 0.2) is 12.6 Å². The van der Waals surface area contributed by atoms with E-state index in [1.165, 1.54) is 0 Å². The van der Waals surface area contributed by atoms with E-state index in [0.717, 1.165) is 0 Å². The monoisotopic (exact) mass is 441 g/mol. The molecule has 2 amide bonds. The number of carbonyl (C=O) groups excluding carboxylic acids is 2. The zero-order valence-corrected chi connectivity index (χ0v) is 15.7. The molecule has 0 aromatic carbocycles. The number of hydrogen-bond acceptors (Lipinski definition) is 13. The first-order chi connectivity index (χ1) is 14.1. The second-order valence-electron chi connectivity index (χ2n) is 7.00. The van der Waals surface area contributed by atoms with Gasteiger partial charge < -0.3 is 55.1 Å². The number of hydrogen-bond donors (Lipinski definition) is 9. The van der Waals surface area contributed by atoms with Gasteiger partial charge in [0.1, 0.15) is 48.8 Å². The molecule has 3 heterocycles. The van der Waals surface area contributed by atoms with E-state index in [2.05, 4.69) is 5.32 Å². The molecule has 14 heteroatoms. The summed E-state index contributed by atoms with van der Waals surface area (Å²) in [5.41, 5.74) is 0. The summed E-state index contributed by atoms with van der Waals surface area (Å²) in [5.74, 6) is -0.296. The SMILES string of the molecule is O=C1CCC(=O)N1.OC[C@H]1O[C@@H](O[C@H]2[C@H](O)[C@@H](O)C(O)O[C@@H]2CO)[C@H](O)[C@@H](O)[C@H]1O. The largest absolute Gasteiger partial charge is 0.394 e. The lowest BCUT2D eigenvalue weighted by molar-refractivity contribution is -0.355. The van der Waals surface area contributed by atoms with Gasteiger partial charge in [-0.3, -0.25) is 14.9 Å². The number of aliphatic hydroxyl groups is 8. The van der Waals surface area contributed by atoms with Crippen LogP contribution in [-0.2, 0) is 23.8 Å². The Labute approximate surface area is 170 Å². The summed E-state index contributed by atoms with van der Waals surface area (Å²) in [6.45, 7) is -1.35. The normalized spacial score (nSPS) is 44.3. The Kier molecular flexibility index (Phi) is 9.01. The standard InChI is InChI=1S/C12H22O11.C4H5NO2/c13-1-3-5(15)6(16)9(19)12(22-3)23-10-4(2-14)21-11(20)8(18)7(10)17;6-3-1-2-4(7)5-3/h3-20H,1-2H2;1-2H2,(H,5,6,7)/t3-,4-,5+,6+,7-,8-,9-,10-,11?,12+;/m1./s1. The molecule has 10 atom stereocenters. The molecule has 0 spiro atoms. The zero-order chi connectivity index (χ0) is 22.6. The minimum atomic E-state index is -1.74. The number of amides is 2. The molecule has 0 radical (unpaired) electrons. The molecule has 3 rings (SSSR count). The van der Waals surface area contributed by atoms with Gasteiger partial charge in [-0.1, -0.05) is 0 Å². The molecule has 30 heavy (non-hydrogen) atoms. The van der Waals surface area contributed by atoms with Gasteiger partial charge >= 0.3 is 0 Å². The van der Waals surface area contributed by atoms with Crippen molar-refractivity contribution in [3.63, 3.8) is 0 Å². The molecule has 9 N–H and O–H groups in total. The highest BCUT2D eigenvalue weighted by atomic mass is 16.7. The molecule has 3 aliphatic rings. The van der Waals surface area contributed by atoms with Crippen LogP contribution in [0.25, 0.3) is 0 Å². The number of ether oxygens (including phenoxy) is 3. The van der Waals surface area contributed by atoms with Crippen LogP contribution in [0.1, 0.15) is 12.8 Å². The van der Waals surface area contributed by atoms with E-state index in [0.29, 0.717) is 12.8 Å². The second kappa shape index (κ2) is 10.8. The number of aliphatic hydroxyl groups excluding tert-OH is 8. The topological polar surface area (TPSA) is 236 Å². The van der Waals surface area contributed by atoms with Crippen molar-refractivity contribution in [1.82, 2.24) is 5.32 Å². The van der Waals surface area contributed by atoms with Gasteiger partial charge in [-0.15, -0.1) is 0 Å². The highest BCUT2D eigenvalue weighted by Crippen LogP contribution is 2.28. The summed E-state index contributed by atoms with van der Waals surface area (Å²) < 4.78 is 15.3. The van der Waals surface area contributed by atoms with Crippen LogP contribution in [0.2, 0.25) is 0 Å². The first-order valence-corrected chi connectivity index (χ1v) is 9.19. The van der Waals surface area contributed by atoms with Gasteiger partial charge in [0.25, 0.3) is 0 Å². The van der Waals surface area contributed by atoms with Crippen molar-refractivity contribution in [2.45, 2.75) is 74.3 Å². The highest BCUT2D eigenvalue weighted by Gasteiger charge is 2.50. The van der Waals surface area contributed by atoms with Crippen molar-refractivity contribution in [2.75, 3.05) is 13.2 Å². The van der Waals surface area contributed by atoms with Crippen molar-refractivity contribution in [1.29, 1.82) is 0 Å². The third-order valence-corrected chi connectivity index (χ3v) is 4.84. The fourth-order valence-electron chi connectivity index (χ4n) is 3.08. The average molecular weight is 441 g/mol. The lowest BCUT2D eigenvalue weighted by Gasteiger charge is -2.45. The molecule has 0 bridgehead atoms. The summed E-state index contributed by atoms with van der Waals surface area (Å²) in [5, 5.41) is 78.6. The van der Waals surface area contributed by atoms with Crippen LogP contribution in [-0.4, -0.2) is 127 Å². The van der Waals surface area contributed by atoms with E-state index in [1.54, 1.807) is 0 Å². The zero-order valence-electron chi connectivity index (χ0n) is 15.7. The molecule has 3 saturated heterocycles. The first kappa shape index (κ1) is 25.0. The number of imide groups is 1. The number of carbonyl (C=O) groups is 2. The van der Waals surface area contributed by atoms with Crippen molar-refractivity contribution in [2.24, 2.45) is 0 Å². The summed E-state index contributed by atoms with van der Waals surface area (Å²) >= 11 is 0. The van der Waals surface area contributed by atoms with E-state index in [1.807, 2.05) is 0 Å². The molecule has 0 saturated carbocycles. The van der Waals surface area contributed by atoms with Gasteiger partial charge in [-0.05, 0) is 0 Å². The molecule has 1 unspecified atom stereocenters. The van der Waals surface area contributed by atoms with Crippen LogP contribution >= 0.6 is 0 Å². The molecule has 14 nitrogen and oxygen atoms in total. The van der Waals surface area contributed by atoms with Crippen LogP contribution < -0.4 is 5.32 Å². The Morgan fingerprint density at radius 1 is 0.767 bits per heavy atom. The summed E-state index contributed by atoms with van der Waals surface area (Å²) in [4.78, 5) is 20.2. The Bertz CT molecular complexity index is 573. The Morgan fingerprint density at radius 3 is 1.80 bits per heavy atom. The van der Waals surface area contributed by atoms with Gasteiger partial charge in [0.2, 0.25) is 11.8 Å². The molecule has 0 aromatic heterocycles. The summed E-state index contributed by atoms with van der Waals surface area (Å²) in [6.07, 6.45) is -14.8. The van der Waals surface area contributed by atoms with Crippen LogP contribution in [0.5, 0.6) is 0 Å². The third-order valence-electron chi connectivity index (χ3n) is 4.84. The number of nitrogens with one attached hydrogen (secondary N) is 1. The maximum Gasteiger partial charge on any atom is 0.227 e. The van der Waals surface area contributed by atoms with Crippen LogP contribution in [0.4, 0.5) is 0 Å². The van der Waals surface area contributed by atoms with Crippen molar-refractivity contribution in [3.05, 3.63) is 0 Å². The lowest BCUT2D eigenvalue weighted by atomic mass is 9.97. The summed E-state index contributed by atoms with van der Waals surface area (Å²) in [7, 11) is 0. The molecule has 3 fully saturated rings. The Morgan fingerprint density at radius 2 is 1.33 bits per heavy atom. The lowest BCUT2D eigenvalue weighted by Crippen LogP contribution is -2.64. The van der Waals surface area contributed by atoms with Gasteiger partial charge in [-0.2, -0.15) is 0 Å². The van der Waals surface area contributed by atoms with Gasteiger partial charge in [0, 0.05) is 12.8 Å². The molecule has 0 aliphatic carbocycles. The van der Waals surface area contributed by atoms with Crippen molar-refractivity contribution in [3.8, 4) is 0 Å². The van der Waals surface area contributed by atoms with Gasteiger partial charge in [-0.25, -0.2) is 0 Å². The van der Waals surface area contributed by atoms with Crippen LogP contribution in [0.3, 0.4) is 0 Å². The van der Waals surface area contributed by atoms with Crippen molar-refractivity contribution >= 4 is 11.8 Å². The number of rotatable bonds is 4. The Balaban J connectivity index is 0.000000386. The Hall–Kier alpha value is -1.30. The smallest absolute Gasteiger partial charge is 0.227 e. The maximum atomic E-state index is 10.1. The third kappa shape index (κ3) is 5.68. The summed E-state index contributed by atoms with van der Waals surface area (Å²) in [6, 6.07) is 0. The van der Waals surface area contributed by atoms with E-state index in [4.69, 9.17) is 19.3 Å². The maximum absolute atomic E-state index is 10.1. The average Bonchev–Trinajstić information content (AvgIpc) is 3.11. The first-order valence-electron chi connectivity index (χ1n) is 9.19. The second-order valence-corrected chi connectivity index (χ2v) is 7.00. The molecular weight excluding hydrogens is 414 g/mol. The molecular formula is C16H27NO13. The fraction of sp³-hybridized carbons (Fsp3) is 0.875. The minimum absolute atomic E-state index is 0.148. The van der Waals surface area contributed by atoms with Crippen molar-refractivity contribution < 1.29 is 64.7 Å². The highest BCUT2D eigenvalue weighted by molar-refractivity contribution is 6.01. The molecule has 0 aromatic rings. The minimum Gasteiger partial charge on any atom is -0.394 e. The van der Waals surface area contributed by atoms with E-state index in [9.17, 15) is 45.3 Å². The molecule has 174 valence electrons. The molecule has 3 aliphatic heterocycles. The van der Waals surface area contributed by atoms with E-state index in [-0.39, 0.29) is 11.8 Å². The fourth-order valence-corrected chi connectivity index (χ4v) is 3.08. The quantitative estimate of drug-likeness (QED) is 0.185. The van der Waals surface area contributed by atoms with Crippen LogP contribution in [0.15, 0.2) is 0 Å². The van der Waals surface area contributed by atoms with Crippen LogP contribution in [0, 0.1) is 0 Å². The predicted molar refractivity (Wildman–Crippen MR) is 91.0 cm³/mol. The predicted octanol–water partition coefficient (Wildman–Crippen LogP) is -5.97. The van der Waals surface area contributed by atoms with Gasteiger partial charge in [0.05, 0.1) is 13.2 Å². The van der Waals surface area contributed by atoms with E-state index < -0.39 is 74.6 Å². The van der Waals surface area contributed by atoms with E-state index >= 15 is 0 Å².